The van der Waals surface area contributed by atoms with Crippen LogP contribution in [-0.4, -0.2) is 16.0 Å². The Kier molecular flexibility index (Phi) is 5.65. The summed E-state index contributed by atoms with van der Waals surface area (Å²) in [5, 5.41) is 5.91. The second kappa shape index (κ2) is 8.38. The molecule has 30 heavy (non-hydrogen) atoms. The summed E-state index contributed by atoms with van der Waals surface area (Å²) in [7, 11) is 0. The van der Waals surface area contributed by atoms with Crippen molar-refractivity contribution in [1.82, 2.24) is 10.3 Å². The molecule has 0 bridgehead atoms. The molecule has 150 valence electrons. The van der Waals surface area contributed by atoms with E-state index in [1.165, 1.54) is 11.1 Å². The summed E-state index contributed by atoms with van der Waals surface area (Å²) in [6, 6.07) is 18.8. The Bertz CT molecular complexity index is 1280. The van der Waals surface area contributed by atoms with Crippen LogP contribution in [0.2, 0.25) is 0 Å². The first-order chi connectivity index (χ1) is 14.4. The fraction of sp³-hybridized carbons (Fsp3) is 0.0870. The van der Waals surface area contributed by atoms with Gasteiger partial charge in [-0.15, -0.1) is 0 Å². The van der Waals surface area contributed by atoms with Crippen molar-refractivity contribution in [3.63, 3.8) is 0 Å². The maximum atomic E-state index is 12.4. The van der Waals surface area contributed by atoms with Gasteiger partial charge in [-0.05, 0) is 95.6 Å². The zero-order chi connectivity index (χ0) is 21.3. The van der Waals surface area contributed by atoms with E-state index < -0.39 is 0 Å². The van der Waals surface area contributed by atoms with Crippen molar-refractivity contribution in [3.8, 4) is 11.5 Å². The summed E-state index contributed by atoms with van der Waals surface area (Å²) in [4.78, 5) is 17.0. The second-order valence-electron chi connectivity index (χ2n) is 6.89. The molecule has 7 heteroatoms. The van der Waals surface area contributed by atoms with E-state index in [-0.39, 0.29) is 11.0 Å². The molecule has 4 aromatic rings. The number of nitrogens with zero attached hydrogens (tertiary/aromatic N) is 1. The topological polar surface area (TPSA) is 67.2 Å². The Morgan fingerprint density at radius 1 is 1.03 bits per heavy atom. The highest BCUT2D eigenvalue weighted by Crippen LogP contribution is 2.27. The number of amides is 1. The quantitative estimate of drug-likeness (QED) is 0.352. The smallest absolute Gasteiger partial charge is 0.258 e. The fourth-order valence-corrected chi connectivity index (χ4v) is 3.66. The van der Waals surface area contributed by atoms with Gasteiger partial charge in [0.2, 0.25) is 5.89 Å². The molecule has 0 saturated heterocycles. The van der Waals surface area contributed by atoms with Gasteiger partial charge in [-0.2, -0.15) is 0 Å². The first-order valence-electron chi connectivity index (χ1n) is 9.26. The minimum absolute atomic E-state index is 0.202. The van der Waals surface area contributed by atoms with Crippen LogP contribution in [-0.2, 0) is 0 Å². The number of fused-ring (bicyclic) bond motifs is 1. The van der Waals surface area contributed by atoms with Gasteiger partial charge in [-0.3, -0.25) is 10.1 Å². The van der Waals surface area contributed by atoms with Crippen LogP contribution in [0, 0.1) is 13.8 Å². The minimum Gasteiger partial charge on any atom is -0.436 e. The van der Waals surface area contributed by atoms with E-state index in [1.54, 1.807) is 18.2 Å². The van der Waals surface area contributed by atoms with Gasteiger partial charge in [0.1, 0.15) is 5.52 Å². The minimum atomic E-state index is -0.292. The van der Waals surface area contributed by atoms with Crippen LogP contribution in [0.4, 0.5) is 5.69 Å². The highest BCUT2D eigenvalue weighted by molar-refractivity contribution is 9.10. The number of thiocarbonyl (C=S) groups is 1. The summed E-state index contributed by atoms with van der Waals surface area (Å²) < 4.78 is 6.60. The molecular formula is C23H18BrN3O2S. The van der Waals surface area contributed by atoms with E-state index in [0.717, 1.165) is 5.56 Å². The normalized spacial score (nSPS) is 10.8. The summed E-state index contributed by atoms with van der Waals surface area (Å²) >= 11 is 8.65. The number of aryl methyl sites for hydroxylation is 2. The van der Waals surface area contributed by atoms with Crippen LogP contribution in [0.15, 0.2) is 69.6 Å². The number of halogens is 1. The SMILES string of the molecule is Cc1ccc(-c2nc3cc(NC(=S)NC(=O)c4ccccc4Br)ccc3o2)cc1C. The van der Waals surface area contributed by atoms with Crippen LogP contribution < -0.4 is 10.6 Å². The lowest BCUT2D eigenvalue weighted by atomic mass is 10.1. The molecule has 4 rings (SSSR count). The van der Waals surface area contributed by atoms with Crippen molar-refractivity contribution < 1.29 is 9.21 Å². The van der Waals surface area contributed by atoms with Gasteiger partial charge < -0.3 is 9.73 Å². The number of hydrogen-bond acceptors (Lipinski definition) is 4. The first-order valence-corrected chi connectivity index (χ1v) is 10.5. The number of nitrogens with one attached hydrogen (secondary N) is 2. The largest absolute Gasteiger partial charge is 0.436 e. The predicted octanol–water partition coefficient (Wildman–Crippen LogP) is 6.00. The molecule has 2 N–H and O–H groups in total. The first kappa shape index (κ1) is 20.3. The van der Waals surface area contributed by atoms with Gasteiger partial charge in [-0.1, -0.05) is 18.2 Å². The van der Waals surface area contributed by atoms with Crippen LogP contribution in [0.5, 0.6) is 0 Å². The predicted molar refractivity (Wildman–Crippen MR) is 127 cm³/mol. The third-order valence-corrected chi connectivity index (χ3v) is 5.64. The molecular weight excluding hydrogens is 462 g/mol. The lowest BCUT2D eigenvalue weighted by molar-refractivity contribution is 0.0977. The molecule has 5 nitrogen and oxygen atoms in total. The molecule has 0 unspecified atom stereocenters. The van der Waals surface area contributed by atoms with Gasteiger partial charge in [-0.25, -0.2) is 4.98 Å². The Morgan fingerprint density at radius 2 is 1.83 bits per heavy atom. The summed E-state index contributed by atoms with van der Waals surface area (Å²) in [5.41, 5.74) is 5.93. The zero-order valence-corrected chi connectivity index (χ0v) is 18.7. The highest BCUT2D eigenvalue weighted by Gasteiger charge is 2.13. The van der Waals surface area contributed by atoms with Crippen molar-refractivity contribution in [2.45, 2.75) is 13.8 Å². The van der Waals surface area contributed by atoms with E-state index in [4.69, 9.17) is 16.6 Å². The molecule has 0 fully saturated rings. The second-order valence-corrected chi connectivity index (χ2v) is 8.15. The number of hydrogen-bond donors (Lipinski definition) is 2. The lowest BCUT2D eigenvalue weighted by Gasteiger charge is -2.10. The molecule has 0 aliphatic carbocycles. The number of carbonyl (C=O) groups excluding carboxylic acids is 1. The molecule has 1 heterocycles. The van der Waals surface area contributed by atoms with Crippen LogP contribution in [0.3, 0.4) is 0 Å². The Labute approximate surface area is 187 Å². The summed E-state index contributed by atoms with van der Waals surface area (Å²) in [6.07, 6.45) is 0. The van der Waals surface area contributed by atoms with Gasteiger partial charge in [0, 0.05) is 15.7 Å². The maximum absolute atomic E-state index is 12.4. The molecule has 1 amide bonds. The molecule has 0 radical (unpaired) electrons. The van der Waals surface area contributed by atoms with Crippen LogP contribution >= 0.6 is 28.1 Å². The summed E-state index contributed by atoms with van der Waals surface area (Å²) in [5.74, 6) is 0.273. The van der Waals surface area contributed by atoms with E-state index in [0.29, 0.717) is 32.7 Å². The summed E-state index contributed by atoms with van der Waals surface area (Å²) in [6.45, 7) is 4.13. The molecule has 0 atom stereocenters. The highest BCUT2D eigenvalue weighted by atomic mass is 79.9. The molecule has 0 aliphatic heterocycles. The monoisotopic (exact) mass is 479 g/mol. The zero-order valence-electron chi connectivity index (χ0n) is 16.3. The van der Waals surface area contributed by atoms with Gasteiger partial charge in [0.15, 0.2) is 10.7 Å². The standard InChI is InChI=1S/C23H18BrN3O2S/c1-13-7-8-15(11-14(13)2)22-26-19-12-16(9-10-20(19)29-22)25-23(30)27-21(28)17-5-3-4-6-18(17)24/h3-12H,1-2H3,(H2,25,27,28,30). The van der Waals surface area contributed by atoms with Gasteiger partial charge in [0.25, 0.3) is 5.91 Å². The Hall–Kier alpha value is -3.03. The maximum Gasteiger partial charge on any atom is 0.258 e. The lowest BCUT2D eigenvalue weighted by Crippen LogP contribution is -2.34. The van der Waals surface area contributed by atoms with E-state index in [1.807, 2.05) is 30.3 Å². The average Bonchev–Trinajstić information content (AvgIpc) is 3.13. The van der Waals surface area contributed by atoms with Crippen molar-refractivity contribution in [1.29, 1.82) is 0 Å². The van der Waals surface area contributed by atoms with Gasteiger partial charge in [0.05, 0.1) is 5.56 Å². The molecule has 0 saturated carbocycles. The van der Waals surface area contributed by atoms with Crippen molar-refractivity contribution in [2.24, 2.45) is 0 Å². The molecule has 0 aliphatic rings. The third-order valence-electron chi connectivity index (χ3n) is 4.74. The number of oxazole rings is 1. The van der Waals surface area contributed by atoms with Crippen LogP contribution in [0.25, 0.3) is 22.6 Å². The number of aromatic nitrogens is 1. The average molecular weight is 480 g/mol. The van der Waals surface area contributed by atoms with E-state index in [2.05, 4.69) is 57.5 Å². The number of benzene rings is 3. The van der Waals surface area contributed by atoms with Crippen LogP contribution in [0.1, 0.15) is 21.5 Å². The van der Waals surface area contributed by atoms with Gasteiger partial charge >= 0.3 is 0 Å². The number of rotatable bonds is 3. The van der Waals surface area contributed by atoms with Crippen molar-refractivity contribution in [2.75, 3.05) is 5.32 Å². The van der Waals surface area contributed by atoms with Crippen molar-refractivity contribution >= 4 is 56.0 Å². The van der Waals surface area contributed by atoms with E-state index in [9.17, 15) is 4.79 Å². The fourth-order valence-electron chi connectivity index (χ4n) is 2.98. The molecule has 0 spiro atoms. The van der Waals surface area contributed by atoms with Crippen molar-refractivity contribution in [3.05, 3.63) is 81.8 Å². The molecule has 1 aromatic heterocycles. The Morgan fingerprint density at radius 3 is 2.60 bits per heavy atom. The number of carbonyl (C=O) groups is 1. The Balaban J connectivity index is 1.51. The molecule has 3 aromatic carbocycles. The van der Waals surface area contributed by atoms with E-state index >= 15 is 0 Å². The number of anilines is 1. The third kappa shape index (κ3) is 4.27.